The Kier molecular flexibility index (Phi) is 5.16. The second kappa shape index (κ2) is 6.40. The van der Waals surface area contributed by atoms with Crippen molar-refractivity contribution in [2.24, 2.45) is 11.7 Å². The Hall–Kier alpha value is -1.55. The highest BCUT2D eigenvalue weighted by Gasteiger charge is 2.22. The Morgan fingerprint density at radius 3 is 2.28 bits per heavy atom. The lowest BCUT2D eigenvalue weighted by molar-refractivity contribution is -0.121. The fourth-order valence-electron chi connectivity index (χ4n) is 1.98. The van der Waals surface area contributed by atoms with Crippen molar-refractivity contribution in [2.45, 2.75) is 39.3 Å². The van der Waals surface area contributed by atoms with Crippen LogP contribution in [-0.4, -0.2) is 17.1 Å². The van der Waals surface area contributed by atoms with Gasteiger partial charge in [0.25, 0.3) is 0 Å². The van der Waals surface area contributed by atoms with Crippen LogP contribution in [0.3, 0.4) is 0 Å². The molecule has 18 heavy (non-hydrogen) atoms. The van der Waals surface area contributed by atoms with Crippen LogP contribution in [0.1, 0.15) is 38.8 Å². The molecular weight excluding hydrogens is 228 g/mol. The first kappa shape index (κ1) is 14.5. The average Bonchev–Trinajstić information content (AvgIpc) is 2.31. The summed E-state index contributed by atoms with van der Waals surface area (Å²) in [7, 11) is 0. The molecule has 0 saturated heterocycles. The number of benzene rings is 1. The Bertz CT molecular complexity index is 387. The maximum atomic E-state index is 11.4. The molecule has 1 aromatic carbocycles. The zero-order valence-electron chi connectivity index (χ0n) is 11.2. The molecule has 0 saturated carbocycles. The molecule has 0 aliphatic rings. The summed E-state index contributed by atoms with van der Waals surface area (Å²) < 4.78 is 0. The van der Waals surface area contributed by atoms with Gasteiger partial charge in [-0.3, -0.25) is 10.1 Å². The Morgan fingerprint density at radius 2 is 1.89 bits per heavy atom. The fraction of sp³-hybridized carbons (Fsp3) is 0.500. The fourth-order valence-corrected chi connectivity index (χ4v) is 1.98. The predicted octanol–water partition coefficient (Wildman–Crippen LogP) is 1.94. The molecular formula is C14H22N2O2. The van der Waals surface area contributed by atoms with E-state index in [4.69, 9.17) is 5.73 Å². The molecule has 0 fully saturated rings. The molecule has 0 aliphatic carbocycles. The molecule has 1 rings (SSSR count). The summed E-state index contributed by atoms with van der Waals surface area (Å²) in [5, 5.41) is 12.6. The van der Waals surface area contributed by atoms with Crippen LogP contribution in [0.15, 0.2) is 24.3 Å². The lowest BCUT2D eigenvalue weighted by Crippen LogP contribution is -2.46. The van der Waals surface area contributed by atoms with Gasteiger partial charge in [0.1, 0.15) is 5.75 Å². The van der Waals surface area contributed by atoms with Crippen LogP contribution >= 0.6 is 0 Å². The molecule has 0 spiro atoms. The number of amides is 1. The molecule has 4 heteroatoms. The largest absolute Gasteiger partial charge is 0.508 e. The third-order valence-electron chi connectivity index (χ3n) is 3.06. The van der Waals surface area contributed by atoms with Gasteiger partial charge in [-0.25, -0.2) is 0 Å². The number of aromatic hydroxyl groups is 1. The number of phenolic OH excluding ortho intramolecular Hbond substituents is 1. The molecule has 2 atom stereocenters. The number of hydrogen-bond donors (Lipinski definition) is 3. The highest BCUT2D eigenvalue weighted by Crippen LogP contribution is 2.21. The van der Waals surface area contributed by atoms with E-state index < -0.39 is 0 Å². The first-order valence-electron chi connectivity index (χ1n) is 6.30. The molecule has 100 valence electrons. The third kappa shape index (κ3) is 3.74. The van der Waals surface area contributed by atoms with E-state index in [1.165, 1.54) is 0 Å². The van der Waals surface area contributed by atoms with Crippen molar-refractivity contribution in [3.05, 3.63) is 29.8 Å². The molecule has 4 nitrogen and oxygen atoms in total. The van der Waals surface area contributed by atoms with E-state index in [1.807, 2.05) is 32.9 Å². The van der Waals surface area contributed by atoms with Crippen molar-refractivity contribution in [1.82, 2.24) is 5.32 Å². The van der Waals surface area contributed by atoms with Gasteiger partial charge in [0.05, 0.1) is 6.04 Å². The van der Waals surface area contributed by atoms with E-state index in [-0.39, 0.29) is 29.7 Å². The minimum Gasteiger partial charge on any atom is -0.508 e. The Labute approximate surface area is 108 Å². The van der Waals surface area contributed by atoms with Gasteiger partial charge >= 0.3 is 0 Å². The van der Waals surface area contributed by atoms with E-state index in [9.17, 15) is 9.90 Å². The molecule has 2 unspecified atom stereocenters. The molecule has 0 bridgehead atoms. The zero-order chi connectivity index (χ0) is 13.7. The van der Waals surface area contributed by atoms with Gasteiger partial charge in [-0.1, -0.05) is 32.9 Å². The van der Waals surface area contributed by atoms with Crippen molar-refractivity contribution < 1.29 is 9.90 Å². The summed E-state index contributed by atoms with van der Waals surface area (Å²) in [6.45, 7) is 5.97. The lowest BCUT2D eigenvalue weighted by atomic mass is 9.98. The van der Waals surface area contributed by atoms with E-state index in [0.717, 1.165) is 12.0 Å². The van der Waals surface area contributed by atoms with Gasteiger partial charge in [0.2, 0.25) is 5.91 Å². The Morgan fingerprint density at radius 1 is 1.33 bits per heavy atom. The van der Waals surface area contributed by atoms with E-state index in [0.29, 0.717) is 0 Å². The number of phenols is 1. The standard InChI is InChI=1S/C14H22N2O2/c1-4-12(10-5-7-11(17)8-6-10)16-13(9(2)3)14(15)18/h5-9,12-13,16-17H,4H2,1-3H3,(H2,15,18). The minimum absolute atomic E-state index is 0.0606. The number of carbonyl (C=O) groups is 1. The van der Waals surface area contributed by atoms with Crippen molar-refractivity contribution in [2.75, 3.05) is 0 Å². The van der Waals surface area contributed by atoms with Crippen LogP contribution in [0.25, 0.3) is 0 Å². The second-order valence-electron chi connectivity index (χ2n) is 4.84. The third-order valence-corrected chi connectivity index (χ3v) is 3.06. The molecule has 0 aromatic heterocycles. The monoisotopic (exact) mass is 250 g/mol. The van der Waals surface area contributed by atoms with Gasteiger partial charge < -0.3 is 10.8 Å². The first-order valence-corrected chi connectivity index (χ1v) is 6.30. The van der Waals surface area contributed by atoms with Crippen LogP contribution in [0.5, 0.6) is 5.75 Å². The molecule has 0 radical (unpaired) electrons. The molecule has 4 N–H and O–H groups in total. The van der Waals surface area contributed by atoms with Crippen LogP contribution in [0, 0.1) is 5.92 Å². The van der Waals surface area contributed by atoms with Crippen LogP contribution in [0.4, 0.5) is 0 Å². The summed E-state index contributed by atoms with van der Waals surface area (Å²) in [6.07, 6.45) is 0.848. The van der Waals surface area contributed by atoms with Gasteiger partial charge in [-0.05, 0) is 30.0 Å². The SMILES string of the molecule is CCC(NC(C(N)=O)C(C)C)c1ccc(O)cc1. The first-order chi connectivity index (χ1) is 8.45. The topological polar surface area (TPSA) is 75.3 Å². The number of nitrogens with two attached hydrogens (primary N) is 1. The van der Waals surface area contributed by atoms with Gasteiger partial charge in [0, 0.05) is 6.04 Å². The maximum absolute atomic E-state index is 11.4. The highest BCUT2D eigenvalue weighted by atomic mass is 16.3. The normalized spacial score (nSPS) is 14.4. The molecule has 1 amide bonds. The second-order valence-corrected chi connectivity index (χ2v) is 4.84. The maximum Gasteiger partial charge on any atom is 0.234 e. The van der Waals surface area contributed by atoms with Gasteiger partial charge in [0.15, 0.2) is 0 Å². The van der Waals surface area contributed by atoms with Crippen LogP contribution < -0.4 is 11.1 Å². The highest BCUT2D eigenvalue weighted by molar-refractivity contribution is 5.80. The lowest BCUT2D eigenvalue weighted by Gasteiger charge is -2.25. The number of rotatable bonds is 6. The van der Waals surface area contributed by atoms with Crippen molar-refractivity contribution in [3.63, 3.8) is 0 Å². The molecule has 0 aliphatic heterocycles. The molecule has 0 heterocycles. The summed E-state index contributed by atoms with van der Waals surface area (Å²) in [6, 6.07) is 6.72. The van der Waals surface area contributed by atoms with Crippen LogP contribution in [0.2, 0.25) is 0 Å². The quantitative estimate of drug-likeness (QED) is 0.722. The summed E-state index contributed by atoms with van der Waals surface area (Å²) in [5.74, 6) is 0.0554. The van der Waals surface area contributed by atoms with Gasteiger partial charge in [-0.2, -0.15) is 0 Å². The van der Waals surface area contributed by atoms with Crippen molar-refractivity contribution in [3.8, 4) is 5.75 Å². The number of primary amides is 1. The van der Waals surface area contributed by atoms with Crippen LogP contribution in [-0.2, 0) is 4.79 Å². The average molecular weight is 250 g/mol. The smallest absolute Gasteiger partial charge is 0.234 e. The van der Waals surface area contributed by atoms with Crippen molar-refractivity contribution >= 4 is 5.91 Å². The summed E-state index contributed by atoms with van der Waals surface area (Å²) in [4.78, 5) is 11.4. The number of carbonyl (C=O) groups excluding carboxylic acids is 1. The zero-order valence-corrected chi connectivity index (χ0v) is 11.2. The van der Waals surface area contributed by atoms with E-state index in [1.54, 1.807) is 12.1 Å². The summed E-state index contributed by atoms with van der Waals surface area (Å²) in [5.41, 5.74) is 6.45. The number of hydrogen-bond acceptors (Lipinski definition) is 3. The predicted molar refractivity (Wildman–Crippen MR) is 72.1 cm³/mol. The van der Waals surface area contributed by atoms with Crippen molar-refractivity contribution in [1.29, 1.82) is 0 Å². The van der Waals surface area contributed by atoms with Gasteiger partial charge in [-0.15, -0.1) is 0 Å². The molecule has 1 aromatic rings. The number of nitrogens with one attached hydrogen (secondary N) is 1. The Balaban J connectivity index is 2.83. The summed E-state index contributed by atoms with van der Waals surface area (Å²) >= 11 is 0. The minimum atomic E-state index is -0.344. The van der Waals surface area contributed by atoms with E-state index in [2.05, 4.69) is 5.32 Å². The van der Waals surface area contributed by atoms with E-state index >= 15 is 0 Å².